The highest BCUT2D eigenvalue weighted by Gasteiger charge is 2.16. The Labute approximate surface area is 108 Å². The Morgan fingerprint density at radius 1 is 1.39 bits per heavy atom. The Bertz CT molecular complexity index is 515. The summed E-state index contributed by atoms with van der Waals surface area (Å²) >= 11 is 0. The van der Waals surface area contributed by atoms with Crippen LogP contribution in [0.3, 0.4) is 0 Å². The summed E-state index contributed by atoms with van der Waals surface area (Å²) in [6.45, 7) is 8.23. The lowest BCUT2D eigenvalue weighted by atomic mass is 10.0. The predicted molar refractivity (Wildman–Crippen MR) is 71.7 cm³/mol. The van der Waals surface area contributed by atoms with Gasteiger partial charge >= 0.3 is 0 Å². The molecule has 98 valence electrons. The van der Waals surface area contributed by atoms with Crippen LogP contribution in [0.15, 0.2) is 24.8 Å². The van der Waals surface area contributed by atoms with E-state index in [-0.39, 0.29) is 5.54 Å². The second kappa shape index (κ2) is 4.57. The van der Waals surface area contributed by atoms with Gasteiger partial charge in [-0.25, -0.2) is 4.98 Å². The van der Waals surface area contributed by atoms with Gasteiger partial charge in [-0.05, 0) is 27.7 Å². The Balaban J connectivity index is 2.30. The van der Waals surface area contributed by atoms with Gasteiger partial charge in [0.05, 0.1) is 0 Å². The van der Waals surface area contributed by atoms with Crippen LogP contribution in [-0.4, -0.2) is 24.9 Å². The van der Waals surface area contributed by atoms with Gasteiger partial charge in [-0.1, -0.05) is 0 Å². The van der Waals surface area contributed by atoms with Gasteiger partial charge in [-0.2, -0.15) is 5.10 Å². The molecule has 18 heavy (non-hydrogen) atoms. The molecule has 0 fully saturated rings. The maximum atomic E-state index is 6.06. The van der Waals surface area contributed by atoms with Crippen LogP contribution in [0.2, 0.25) is 0 Å². The maximum absolute atomic E-state index is 6.06. The highest BCUT2D eigenvalue weighted by Crippen LogP contribution is 2.15. The minimum atomic E-state index is -0.252. The van der Waals surface area contributed by atoms with E-state index in [1.165, 1.54) is 0 Å². The van der Waals surface area contributed by atoms with Crippen LogP contribution >= 0.6 is 0 Å². The minimum absolute atomic E-state index is 0.252. The zero-order valence-electron chi connectivity index (χ0n) is 11.5. The molecule has 0 unspecified atom stereocenters. The molecule has 0 saturated carbocycles. The van der Waals surface area contributed by atoms with Crippen LogP contribution < -0.4 is 5.73 Å². The Morgan fingerprint density at radius 3 is 2.67 bits per heavy atom. The summed E-state index contributed by atoms with van der Waals surface area (Å²) in [6.07, 6.45) is 6.38. The molecular weight excluding hydrogens is 226 g/mol. The van der Waals surface area contributed by atoms with Gasteiger partial charge in [-0.3, -0.25) is 9.25 Å². The summed E-state index contributed by atoms with van der Waals surface area (Å²) in [5.74, 6) is 0.889. The number of nitrogens with zero attached hydrogens (tertiary/aromatic N) is 4. The predicted octanol–water partition coefficient (Wildman–Crippen LogP) is 1.93. The highest BCUT2D eigenvalue weighted by molar-refractivity contribution is 5.24. The molecule has 0 aromatic carbocycles. The lowest BCUT2D eigenvalue weighted by Crippen LogP contribution is -2.35. The van der Waals surface area contributed by atoms with Gasteiger partial charge < -0.3 is 5.73 Å². The average molecular weight is 247 g/mol. The van der Waals surface area contributed by atoms with Crippen molar-refractivity contribution in [3.05, 3.63) is 30.5 Å². The van der Waals surface area contributed by atoms with Gasteiger partial charge in [0.1, 0.15) is 6.33 Å². The number of aromatic nitrogens is 4. The fourth-order valence-corrected chi connectivity index (χ4v) is 1.87. The zero-order valence-corrected chi connectivity index (χ0v) is 11.5. The van der Waals surface area contributed by atoms with E-state index in [0.717, 1.165) is 17.9 Å². The van der Waals surface area contributed by atoms with E-state index in [1.54, 1.807) is 6.33 Å². The number of nitrogens with two attached hydrogens (primary N) is 1. The number of hydrogen-bond donors (Lipinski definition) is 1. The topological polar surface area (TPSA) is 61.7 Å². The zero-order chi connectivity index (χ0) is 13.3. The second-order valence-electron chi connectivity index (χ2n) is 5.67. The maximum Gasteiger partial charge on any atom is 0.160 e. The number of hydrogen-bond acceptors (Lipinski definition) is 3. The van der Waals surface area contributed by atoms with Crippen molar-refractivity contribution in [1.82, 2.24) is 19.3 Å². The van der Waals surface area contributed by atoms with E-state index in [9.17, 15) is 0 Å². The smallest absolute Gasteiger partial charge is 0.160 e. The average Bonchev–Trinajstić information content (AvgIpc) is 2.81. The van der Waals surface area contributed by atoms with Crippen molar-refractivity contribution in [1.29, 1.82) is 0 Å². The molecule has 0 aliphatic carbocycles. The lowest BCUT2D eigenvalue weighted by Gasteiger charge is -2.18. The third-order valence-corrected chi connectivity index (χ3v) is 2.72. The molecule has 5 heteroatoms. The summed E-state index contributed by atoms with van der Waals surface area (Å²) in [5, 5.41) is 4.54. The molecule has 2 aromatic heterocycles. The first-order valence-electron chi connectivity index (χ1n) is 6.22. The molecule has 0 bridgehead atoms. The van der Waals surface area contributed by atoms with Gasteiger partial charge in [0.2, 0.25) is 0 Å². The first kappa shape index (κ1) is 12.8. The molecule has 0 spiro atoms. The Hall–Kier alpha value is -1.62. The van der Waals surface area contributed by atoms with Crippen molar-refractivity contribution in [2.75, 3.05) is 0 Å². The van der Waals surface area contributed by atoms with Crippen molar-refractivity contribution in [2.45, 2.75) is 45.7 Å². The van der Waals surface area contributed by atoms with E-state index < -0.39 is 0 Å². The van der Waals surface area contributed by atoms with Crippen molar-refractivity contribution in [2.24, 2.45) is 5.73 Å². The molecule has 0 atom stereocenters. The second-order valence-corrected chi connectivity index (χ2v) is 5.67. The number of imidazole rings is 1. The van der Waals surface area contributed by atoms with Crippen LogP contribution in [0, 0.1) is 0 Å². The van der Waals surface area contributed by atoms with Crippen molar-refractivity contribution < 1.29 is 0 Å². The fourth-order valence-electron chi connectivity index (χ4n) is 1.87. The molecule has 2 heterocycles. The summed E-state index contributed by atoms with van der Waals surface area (Å²) in [6, 6.07) is 2.35. The van der Waals surface area contributed by atoms with E-state index in [2.05, 4.69) is 23.9 Å². The molecule has 0 aliphatic heterocycles. The van der Waals surface area contributed by atoms with Crippen LogP contribution in [0.25, 0.3) is 5.82 Å². The van der Waals surface area contributed by atoms with Crippen LogP contribution in [0.4, 0.5) is 0 Å². The highest BCUT2D eigenvalue weighted by atomic mass is 15.3. The summed E-state index contributed by atoms with van der Waals surface area (Å²) in [7, 11) is 0. The number of rotatable bonds is 4. The van der Waals surface area contributed by atoms with Gasteiger partial charge in [0.25, 0.3) is 0 Å². The quantitative estimate of drug-likeness (QED) is 0.898. The summed E-state index contributed by atoms with van der Waals surface area (Å²) < 4.78 is 3.93. The third kappa shape index (κ3) is 2.79. The van der Waals surface area contributed by atoms with Crippen molar-refractivity contribution in [3.63, 3.8) is 0 Å². The largest absolute Gasteiger partial charge is 0.325 e. The van der Waals surface area contributed by atoms with Crippen LogP contribution in [0.5, 0.6) is 0 Å². The summed E-state index contributed by atoms with van der Waals surface area (Å²) in [5.41, 5.74) is 6.89. The van der Waals surface area contributed by atoms with E-state index in [4.69, 9.17) is 5.73 Å². The molecular formula is C13H21N5. The molecule has 2 N–H and O–H groups in total. The fraction of sp³-hybridized carbons (Fsp3) is 0.538. The van der Waals surface area contributed by atoms with Gasteiger partial charge in [0.15, 0.2) is 5.82 Å². The molecule has 0 saturated heterocycles. The van der Waals surface area contributed by atoms with Crippen LogP contribution in [-0.2, 0) is 6.42 Å². The molecule has 0 amide bonds. The molecule has 5 nitrogen and oxygen atoms in total. The van der Waals surface area contributed by atoms with E-state index >= 15 is 0 Å². The summed E-state index contributed by atoms with van der Waals surface area (Å²) in [4.78, 5) is 4.19. The first-order chi connectivity index (χ1) is 8.37. The van der Waals surface area contributed by atoms with Gasteiger partial charge in [0, 0.05) is 42.2 Å². The molecule has 2 aromatic rings. The van der Waals surface area contributed by atoms with Gasteiger partial charge in [-0.15, -0.1) is 0 Å². The normalized spacial score (nSPS) is 12.3. The molecule has 0 aliphatic rings. The lowest BCUT2D eigenvalue weighted by molar-refractivity contribution is 0.502. The van der Waals surface area contributed by atoms with Crippen molar-refractivity contribution in [3.8, 4) is 5.82 Å². The van der Waals surface area contributed by atoms with Crippen molar-refractivity contribution >= 4 is 0 Å². The molecule has 0 radical (unpaired) electrons. The monoisotopic (exact) mass is 247 g/mol. The minimum Gasteiger partial charge on any atom is -0.325 e. The third-order valence-electron chi connectivity index (χ3n) is 2.72. The SMILES string of the molecule is CC(C)n1ccc(-n2cncc2CC(C)(C)N)n1. The van der Waals surface area contributed by atoms with E-state index in [1.807, 2.05) is 41.6 Å². The standard InChI is InChI=1S/C13H21N5/c1-10(2)18-6-5-12(16-18)17-9-15-8-11(17)7-13(3,4)14/h5-6,8-10H,7,14H2,1-4H3. The Kier molecular flexibility index (Phi) is 3.26. The molecule has 2 rings (SSSR count). The van der Waals surface area contributed by atoms with E-state index in [0.29, 0.717) is 6.04 Å². The van der Waals surface area contributed by atoms with Crippen LogP contribution in [0.1, 0.15) is 39.4 Å². The first-order valence-corrected chi connectivity index (χ1v) is 6.22. The Morgan fingerprint density at radius 2 is 2.11 bits per heavy atom.